The molecule has 0 fully saturated rings. The SMILES string of the molecule is CCCCOC(CCCO)OCCCC.CCO.CCO.[Hf]. The van der Waals surface area contributed by atoms with Crippen LogP contribution < -0.4 is 0 Å². The van der Waals surface area contributed by atoms with Crippen molar-refractivity contribution in [1.82, 2.24) is 0 Å². The van der Waals surface area contributed by atoms with Gasteiger partial charge in [0.05, 0.1) is 0 Å². The van der Waals surface area contributed by atoms with Gasteiger partial charge in [0.15, 0.2) is 6.29 Å². The average molecular weight is 489 g/mol. The Bertz CT molecular complexity index is 138. The summed E-state index contributed by atoms with van der Waals surface area (Å²) < 4.78 is 11.2. The maximum atomic E-state index is 8.75. The second kappa shape index (κ2) is 33.3. The van der Waals surface area contributed by atoms with E-state index < -0.39 is 0 Å². The van der Waals surface area contributed by atoms with E-state index in [1.54, 1.807) is 13.8 Å². The van der Waals surface area contributed by atoms with E-state index in [4.69, 9.17) is 24.8 Å². The number of aliphatic hydroxyl groups excluding tert-OH is 3. The topological polar surface area (TPSA) is 79.2 Å². The van der Waals surface area contributed by atoms with E-state index >= 15 is 0 Å². The molecule has 0 rings (SSSR count). The largest absolute Gasteiger partial charge is 0.397 e. The first-order valence-electron chi connectivity index (χ1n) is 8.23. The third kappa shape index (κ3) is 37.2. The van der Waals surface area contributed by atoms with E-state index in [2.05, 4.69) is 13.8 Å². The van der Waals surface area contributed by atoms with Crippen molar-refractivity contribution >= 4 is 0 Å². The van der Waals surface area contributed by atoms with Crippen LogP contribution in [0.1, 0.15) is 66.2 Å². The van der Waals surface area contributed by atoms with Gasteiger partial charge in [-0.3, -0.25) is 0 Å². The number of unbranched alkanes of at least 4 members (excludes halogenated alkanes) is 2. The second-order valence-corrected chi connectivity index (χ2v) is 4.38. The molecule has 136 valence electrons. The average Bonchev–Trinajstić information content (AvgIpc) is 2.46. The number of hydrogen-bond acceptors (Lipinski definition) is 5. The molecule has 22 heavy (non-hydrogen) atoms. The van der Waals surface area contributed by atoms with Crippen molar-refractivity contribution in [3.05, 3.63) is 0 Å². The molecular formula is C16H38HfO5. The van der Waals surface area contributed by atoms with Gasteiger partial charge in [-0.2, -0.15) is 0 Å². The fourth-order valence-corrected chi connectivity index (χ4v) is 1.19. The van der Waals surface area contributed by atoms with Crippen LogP contribution in [0.5, 0.6) is 0 Å². The molecule has 0 aliphatic rings. The van der Waals surface area contributed by atoms with Crippen LogP contribution in [0.25, 0.3) is 0 Å². The summed E-state index contributed by atoms with van der Waals surface area (Å²) in [5.74, 6) is 0. The van der Waals surface area contributed by atoms with Gasteiger partial charge in [-0.1, -0.05) is 26.7 Å². The summed E-state index contributed by atoms with van der Waals surface area (Å²) >= 11 is 0. The second-order valence-electron chi connectivity index (χ2n) is 4.38. The van der Waals surface area contributed by atoms with E-state index in [-0.39, 0.29) is 52.0 Å². The molecule has 0 aliphatic carbocycles. The first-order valence-corrected chi connectivity index (χ1v) is 8.23. The first kappa shape index (κ1) is 30.5. The van der Waals surface area contributed by atoms with Crippen molar-refractivity contribution in [3.8, 4) is 0 Å². The zero-order valence-electron chi connectivity index (χ0n) is 15.0. The van der Waals surface area contributed by atoms with Gasteiger partial charge >= 0.3 is 0 Å². The summed E-state index contributed by atoms with van der Waals surface area (Å²) in [6.07, 6.45) is 5.87. The Morgan fingerprint density at radius 2 is 1.09 bits per heavy atom. The summed E-state index contributed by atoms with van der Waals surface area (Å²) in [6, 6.07) is 0. The molecule has 0 unspecified atom stereocenters. The van der Waals surface area contributed by atoms with Gasteiger partial charge < -0.3 is 24.8 Å². The van der Waals surface area contributed by atoms with Gasteiger partial charge in [0.25, 0.3) is 0 Å². The normalized spacial score (nSPS) is 9.27. The van der Waals surface area contributed by atoms with E-state index in [1.165, 1.54) is 0 Å². The molecule has 0 aromatic rings. The number of aliphatic hydroxyl groups is 3. The van der Waals surface area contributed by atoms with E-state index in [0.717, 1.165) is 51.7 Å². The zero-order chi connectivity index (χ0) is 16.8. The molecule has 0 aliphatic heterocycles. The summed E-state index contributed by atoms with van der Waals surface area (Å²) in [6.45, 7) is 9.89. The maximum Gasteiger partial charge on any atom is 0.157 e. The van der Waals surface area contributed by atoms with Crippen LogP contribution in [0, 0.1) is 0 Å². The molecule has 0 heterocycles. The Labute approximate surface area is 156 Å². The van der Waals surface area contributed by atoms with Crippen LogP contribution in [-0.4, -0.2) is 54.6 Å². The Morgan fingerprint density at radius 1 is 0.727 bits per heavy atom. The van der Waals surface area contributed by atoms with Crippen molar-refractivity contribution in [2.45, 2.75) is 72.5 Å². The third-order valence-corrected chi connectivity index (χ3v) is 2.20. The van der Waals surface area contributed by atoms with Gasteiger partial charge in [0.2, 0.25) is 0 Å². The molecule has 0 radical (unpaired) electrons. The third-order valence-electron chi connectivity index (χ3n) is 2.20. The van der Waals surface area contributed by atoms with Gasteiger partial charge in [-0.15, -0.1) is 0 Å². The van der Waals surface area contributed by atoms with Crippen LogP contribution in [0.15, 0.2) is 0 Å². The van der Waals surface area contributed by atoms with Gasteiger partial charge in [-0.05, 0) is 33.1 Å². The fourth-order valence-electron chi connectivity index (χ4n) is 1.19. The molecule has 0 aromatic carbocycles. The number of rotatable bonds is 11. The first-order chi connectivity index (χ1) is 10.2. The summed E-state index contributed by atoms with van der Waals surface area (Å²) in [4.78, 5) is 0. The Morgan fingerprint density at radius 3 is 1.36 bits per heavy atom. The standard InChI is InChI=1S/C12H26O3.2C2H6O.Hf/c1-3-5-10-14-12(8-7-9-13)15-11-6-4-2;2*1-2-3;/h12-13H,3-11H2,1-2H3;2*3H,2H2,1H3;. The van der Waals surface area contributed by atoms with Gasteiger partial charge in [-0.25, -0.2) is 0 Å². The molecule has 3 N–H and O–H groups in total. The molecule has 0 spiro atoms. The molecule has 0 atom stereocenters. The minimum Gasteiger partial charge on any atom is -0.397 e. The van der Waals surface area contributed by atoms with Crippen LogP contribution in [-0.2, 0) is 35.3 Å². The van der Waals surface area contributed by atoms with Crippen molar-refractivity contribution < 1.29 is 50.6 Å². The molecule has 0 amide bonds. The smallest absolute Gasteiger partial charge is 0.157 e. The maximum absolute atomic E-state index is 8.75. The quantitative estimate of drug-likeness (QED) is 0.237. The number of hydrogen-bond donors (Lipinski definition) is 3. The predicted octanol–water partition coefficient (Wildman–Crippen LogP) is 2.71. The number of ether oxygens (including phenoxy) is 2. The minimum absolute atomic E-state index is 0. The van der Waals surface area contributed by atoms with Crippen molar-refractivity contribution in [2.75, 3.05) is 33.0 Å². The van der Waals surface area contributed by atoms with E-state index in [0.29, 0.717) is 0 Å². The molecule has 0 saturated carbocycles. The summed E-state index contributed by atoms with van der Waals surface area (Å²) in [7, 11) is 0. The van der Waals surface area contributed by atoms with Crippen molar-refractivity contribution in [3.63, 3.8) is 0 Å². The molecule has 6 heteroatoms. The van der Waals surface area contributed by atoms with Crippen LogP contribution >= 0.6 is 0 Å². The summed E-state index contributed by atoms with van der Waals surface area (Å²) in [5, 5.41) is 23.9. The van der Waals surface area contributed by atoms with Gasteiger partial charge in [0, 0.05) is 65.3 Å². The van der Waals surface area contributed by atoms with Gasteiger partial charge in [0.1, 0.15) is 0 Å². The molecule has 0 aromatic heterocycles. The van der Waals surface area contributed by atoms with Crippen molar-refractivity contribution in [2.24, 2.45) is 0 Å². The minimum atomic E-state index is -0.116. The molecule has 5 nitrogen and oxygen atoms in total. The molecule has 0 bridgehead atoms. The van der Waals surface area contributed by atoms with Crippen LogP contribution in [0.2, 0.25) is 0 Å². The van der Waals surface area contributed by atoms with E-state index in [1.807, 2.05) is 0 Å². The predicted molar refractivity (Wildman–Crippen MR) is 87.3 cm³/mol. The summed E-state index contributed by atoms with van der Waals surface area (Å²) in [5.41, 5.74) is 0. The fraction of sp³-hybridized carbons (Fsp3) is 1.00. The van der Waals surface area contributed by atoms with Crippen molar-refractivity contribution in [1.29, 1.82) is 0 Å². The Balaban J connectivity index is -0.000000199. The van der Waals surface area contributed by atoms with E-state index in [9.17, 15) is 0 Å². The Hall–Kier alpha value is 0.670. The van der Waals surface area contributed by atoms with Crippen LogP contribution in [0.3, 0.4) is 0 Å². The monoisotopic (exact) mass is 490 g/mol. The Kier molecular flexibility index (Phi) is 46.3. The molecule has 0 saturated heterocycles. The zero-order valence-corrected chi connectivity index (χ0v) is 18.6. The molecular weight excluding hydrogens is 451 g/mol. The van der Waals surface area contributed by atoms with Crippen LogP contribution in [0.4, 0.5) is 0 Å².